The quantitative estimate of drug-likeness (QED) is 0.770. The van der Waals surface area contributed by atoms with Gasteiger partial charge in [0.15, 0.2) is 5.65 Å². The summed E-state index contributed by atoms with van der Waals surface area (Å²) >= 11 is 0. The number of amides is 1. The lowest BCUT2D eigenvalue weighted by Crippen LogP contribution is -2.05. The molecule has 3 rings (SSSR count). The number of aryl methyl sites for hydroxylation is 1. The highest BCUT2D eigenvalue weighted by Crippen LogP contribution is 2.27. The van der Waals surface area contributed by atoms with Gasteiger partial charge in [0.2, 0.25) is 5.91 Å². The highest BCUT2D eigenvalue weighted by Gasteiger charge is 2.12. The Morgan fingerprint density at radius 3 is 2.90 bits per heavy atom. The van der Waals surface area contributed by atoms with E-state index in [1.165, 1.54) is 6.92 Å². The molecule has 0 atom stereocenters. The van der Waals surface area contributed by atoms with E-state index in [4.69, 9.17) is 0 Å². The number of rotatable bonds is 2. The summed E-state index contributed by atoms with van der Waals surface area (Å²) in [4.78, 5) is 19.6. The summed E-state index contributed by atoms with van der Waals surface area (Å²) in [6, 6.07) is 5.68. The van der Waals surface area contributed by atoms with E-state index >= 15 is 0 Å². The SMILES string of the molecule is CC(=O)Nc1cnc2c(c1)c(-c1cccnc1)nn2C. The van der Waals surface area contributed by atoms with Gasteiger partial charge in [0.1, 0.15) is 5.69 Å². The first kappa shape index (κ1) is 12.3. The Balaban J connectivity index is 2.19. The van der Waals surface area contributed by atoms with Gasteiger partial charge in [0.25, 0.3) is 0 Å². The molecule has 0 radical (unpaired) electrons. The highest BCUT2D eigenvalue weighted by atomic mass is 16.1. The van der Waals surface area contributed by atoms with Crippen LogP contribution >= 0.6 is 0 Å². The average molecular weight is 267 g/mol. The van der Waals surface area contributed by atoms with Gasteiger partial charge < -0.3 is 5.32 Å². The molecule has 3 heterocycles. The number of nitrogens with one attached hydrogen (secondary N) is 1. The summed E-state index contributed by atoms with van der Waals surface area (Å²) in [5.41, 5.74) is 3.14. The number of hydrogen-bond acceptors (Lipinski definition) is 4. The molecule has 1 amide bonds. The van der Waals surface area contributed by atoms with Gasteiger partial charge in [0.05, 0.1) is 11.9 Å². The second-order valence-corrected chi connectivity index (χ2v) is 4.49. The second-order valence-electron chi connectivity index (χ2n) is 4.49. The number of anilines is 1. The Morgan fingerprint density at radius 1 is 1.35 bits per heavy atom. The largest absolute Gasteiger partial charge is 0.325 e. The second kappa shape index (κ2) is 4.73. The van der Waals surface area contributed by atoms with Gasteiger partial charge >= 0.3 is 0 Å². The first-order chi connectivity index (χ1) is 9.65. The van der Waals surface area contributed by atoms with Crippen molar-refractivity contribution >= 4 is 22.6 Å². The maximum atomic E-state index is 11.1. The molecule has 1 N–H and O–H groups in total. The van der Waals surface area contributed by atoms with E-state index in [1.807, 2.05) is 25.2 Å². The number of fused-ring (bicyclic) bond motifs is 1. The van der Waals surface area contributed by atoms with E-state index in [0.29, 0.717) is 5.69 Å². The van der Waals surface area contributed by atoms with Crippen molar-refractivity contribution in [3.05, 3.63) is 36.8 Å². The molecular formula is C14H13N5O. The predicted molar refractivity (Wildman–Crippen MR) is 76.0 cm³/mol. The van der Waals surface area contributed by atoms with Gasteiger partial charge in [-0.15, -0.1) is 0 Å². The van der Waals surface area contributed by atoms with Crippen LogP contribution in [-0.2, 0) is 11.8 Å². The van der Waals surface area contributed by atoms with Gasteiger partial charge in [-0.05, 0) is 18.2 Å². The minimum absolute atomic E-state index is 0.127. The first-order valence-electron chi connectivity index (χ1n) is 6.16. The Kier molecular flexibility index (Phi) is 2.90. The molecule has 6 heteroatoms. The van der Waals surface area contributed by atoms with Crippen LogP contribution in [0.3, 0.4) is 0 Å². The average Bonchev–Trinajstić information content (AvgIpc) is 2.76. The Morgan fingerprint density at radius 2 is 2.20 bits per heavy atom. The van der Waals surface area contributed by atoms with Crippen LogP contribution in [0.1, 0.15) is 6.92 Å². The molecular weight excluding hydrogens is 254 g/mol. The summed E-state index contributed by atoms with van der Waals surface area (Å²) in [5.74, 6) is -0.127. The zero-order chi connectivity index (χ0) is 14.1. The summed E-state index contributed by atoms with van der Waals surface area (Å²) in [6.45, 7) is 1.47. The molecule has 0 aliphatic rings. The monoisotopic (exact) mass is 267 g/mol. The van der Waals surface area contributed by atoms with Crippen molar-refractivity contribution in [2.45, 2.75) is 6.92 Å². The molecule has 100 valence electrons. The zero-order valence-corrected chi connectivity index (χ0v) is 11.2. The maximum absolute atomic E-state index is 11.1. The number of carbonyl (C=O) groups excluding carboxylic acids is 1. The molecule has 3 aromatic heterocycles. The lowest BCUT2D eigenvalue weighted by molar-refractivity contribution is -0.114. The Hall–Kier alpha value is -2.76. The van der Waals surface area contributed by atoms with Gasteiger partial charge in [-0.25, -0.2) is 9.67 Å². The van der Waals surface area contributed by atoms with Crippen molar-refractivity contribution in [2.24, 2.45) is 7.05 Å². The molecule has 0 fully saturated rings. The number of carbonyl (C=O) groups is 1. The zero-order valence-electron chi connectivity index (χ0n) is 11.2. The Bertz CT molecular complexity index is 779. The smallest absolute Gasteiger partial charge is 0.221 e. The van der Waals surface area contributed by atoms with E-state index in [9.17, 15) is 4.79 Å². The maximum Gasteiger partial charge on any atom is 0.221 e. The minimum atomic E-state index is -0.127. The molecule has 0 saturated heterocycles. The molecule has 0 bridgehead atoms. The van der Waals surface area contributed by atoms with E-state index in [2.05, 4.69) is 20.4 Å². The number of nitrogens with zero attached hydrogens (tertiary/aromatic N) is 4. The van der Waals surface area contributed by atoms with Crippen molar-refractivity contribution in [3.63, 3.8) is 0 Å². The van der Waals surface area contributed by atoms with Gasteiger partial charge in [0, 0.05) is 37.3 Å². The van der Waals surface area contributed by atoms with Gasteiger partial charge in [-0.1, -0.05) is 0 Å². The van der Waals surface area contributed by atoms with E-state index in [-0.39, 0.29) is 5.91 Å². The van der Waals surface area contributed by atoms with Crippen molar-refractivity contribution in [3.8, 4) is 11.3 Å². The third-order valence-electron chi connectivity index (χ3n) is 2.93. The van der Waals surface area contributed by atoms with Crippen LogP contribution in [-0.4, -0.2) is 25.7 Å². The van der Waals surface area contributed by atoms with Crippen LogP contribution in [0.5, 0.6) is 0 Å². The van der Waals surface area contributed by atoms with Crippen LogP contribution in [0.15, 0.2) is 36.8 Å². The third kappa shape index (κ3) is 2.11. The van der Waals surface area contributed by atoms with Crippen LogP contribution < -0.4 is 5.32 Å². The predicted octanol–water partition coefficient (Wildman–Crippen LogP) is 1.99. The molecule has 0 unspecified atom stereocenters. The standard InChI is InChI=1S/C14H13N5O/c1-9(20)17-11-6-12-13(10-4-3-5-15-7-10)18-19(2)14(12)16-8-11/h3-8H,1-2H3,(H,17,20). The summed E-state index contributed by atoms with van der Waals surface area (Å²) in [7, 11) is 1.84. The minimum Gasteiger partial charge on any atom is -0.325 e. The highest BCUT2D eigenvalue weighted by molar-refractivity contribution is 5.96. The fourth-order valence-corrected chi connectivity index (χ4v) is 2.13. The third-order valence-corrected chi connectivity index (χ3v) is 2.93. The molecule has 0 spiro atoms. The molecule has 0 saturated carbocycles. The van der Waals surface area contributed by atoms with Crippen LogP contribution in [0, 0.1) is 0 Å². The van der Waals surface area contributed by atoms with Gasteiger partial charge in [-0.2, -0.15) is 5.10 Å². The molecule has 6 nitrogen and oxygen atoms in total. The van der Waals surface area contributed by atoms with Gasteiger partial charge in [-0.3, -0.25) is 9.78 Å². The normalized spacial score (nSPS) is 10.7. The van der Waals surface area contributed by atoms with Crippen molar-refractivity contribution in [1.82, 2.24) is 19.7 Å². The Labute approximate surface area is 115 Å². The van der Waals surface area contributed by atoms with Crippen molar-refractivity contribution in [1.29, 1.82) is 0 Å². The van der Waals surface area contributed by atoms with Crippen molar-refractivity contribution < 1.29 is 4.79 Å². The number of hydrogen-bond donors (Lipinski definition) is 1. The molecule has 20 heavy (non-hydrogen) atoms. The molecule has 0 aliphatic carbocycles. The van der Waals surface area contributed by atoms with E-state index < -0.39 is 0 Å². The molecule has 3 aromatic rings. The van der Waals surface area contributed by atoms with E-state index in [0.717, 1.165) is 22.3 Å². The van der Waals surface area contributed by atoms with Crippen LogP contribution in [0.25, 0.3) is 22.3 Å². The van der Waals surface area contributed by atoms with Crippen LogP contribution in [0.2, 0.25) is 0 Å². The fourth-order valence-electron chi connectivity index (χ4n) is 2.13. The topological polar surface area (TPSA) is 72.7 Å². The summed E-state index contributed by atoms with van der Waals surface area (Å²) < 4.78 is 1.72. The fraction of sp³-hybridized carbons (Fsp3) is 0.143. The first-order valence-corrected chi connectivity index (χ1v) is 6.16. The lowest BCUT2D eigenvalue weighted by Gasteiger charge is -2.02. The molecule has 0 aliphatic heterocycles. The van der Waals surface area contributed by atoms with E-state index in [1.54, 1.807) is 23.3 Å². The van der Waals surface area contributed by atoms with Crippen LogP contribution in [0.4, 0.5) is 5.69 Å². The summed E-state index contributed by atoms with van der Waals surface area (Å²) in [5, 5.41) is 8.09. The number of pyridine rings is 2. The summed E-state index contributed by atoms with van der Waals surface area (Å²) in [6.07, 6.45) is 5.10. The lowest BCUT2D eigenvalue weighted by atomic mass is 10.1. The van der Waals surface area contributed by atoms with Crippen molar-refractivity contribution in [2.75, 3.05) is 5.32 Å². The molecule has 0 aromatic carbocycles. The number of aromatic nitrogens is 4.